The van der Waals surface area contributed by atoms with Crippen LogP contribution < -0.4 is 14.9 Å². The van der Waals surface area contributed by atoms with Crippen LogP contribution in [0.5, 0.6) is 11.5 Å². The number of hydrazone groups is 1. The summed E-state index contributed by atoms with van der Waals surface area (Å²) in [6, 6.07) is 14.4. The third-order valence-corrected chi connectivity index (χ3v) is 5.88. The molecule has 0 spiro atoms. The zero-order chi connectivity index (χ0) is 25.5. The molecule has 0 atom stereocenters. The number of hydrogen-bond donors (Lipinski definition) is 1. The Morgan fingerprint density at radius 3 is 2.60 bits per heavy atom. The van der Waals surface area contributed by atoms with E-state index in [0.29, 0.717) is 20.3 Å². The van der Waals surface area contributed by atoms with Gasteiger partial charge in [-0.2, -0.15) is 5.10 Å². The normalized spacial score (nSPS) is 11.1. The summed E-state index contributed by atoms with van der Waals surface area (Å²) in [6.45, 7) is 5.84. The summed E-state index contributed by atoms with van der Waals surface area (Å²) in [5.41, 5.74) is 4.91. The first-order chi connectivity index (χ1) is 16.6. The molecule has 0 unspecified atom stereocenters. The Bertz CT molecular complexity index is 1280. The first-order valence-corrected chi connectivity index (χ1v) is 12.2. The van der Waals surface area contributed by atoms with Crippen molar-refractivity contribution in [2.24, 2.45) is 5.10 Å². The highest BCUT2D eigenvalue weighted by molar-refractivity contribution is 9.11. The van der Waals surface area contributed by atoms with Crippen LogP contribution in [0.2, 0.25) is 0 Å². The first-order valence-electron chi connectivity index (χ1n) is 10.7. The van der Waals surface area contributed by atoms with Gasteiger partial charge >= 0.3 is 5.97 Å². The van der Waals surface area contributed by atoms with Gasteiger partial charge in [-0.25, -0.2) is 14.6 Å². The summed E-state index contributed by atoms with van der Waals surface area (Å²) in [4.78, 5) is 24.8. The van der Waals surface area contributed by atoms with Crippen molar-refractivity contribution in [3.05, 3.63) is 91.6 Å². The average molecular weight is 606 g/mol. The predicted octanol–water partition coefficient (Wildman–Crippen LogP) is 6.53. The standard InChI is InChI=1S/C26H23Br2FN2O4/c1-15(2)21-8-7-16(3)9-23(21)34-14-24(32)31-30-13-18-10-19(27)12-22(28)25(18)35-26(33)17-5-4-6-20(29)11-17/h4-13,15H,14H2,1-3H3,(H,31,32)/b30-13+. The zero-order valence-electron chi connectivity index (χ0n) is 19.3. The number of nitrogens with zero attached hydrogens (tertiary/aromatic N) is 1. The molecule has 0 radical (unpaired) electrons. The largest absolute Gasteiger partial charge is 0.483 e. The molecule has 9 heteroatoms. The number of nitrogens with one attached hydrogen (secondary N) is 1. The smallest absolute Gasteiger partial charge is 0.343 e. The van der Waals surface area contributed by atoms with Crippen molar-refractivity contribution in [2.75, 3.05) is 6.61 Å². The van der Waals surface area contributed by atoms with Crippen molar-refractivity contribution >= 4 is 50.0 Å². The summed E-state index contributed by atoms with van der Waals surface area (Å²) in [5, 5.41) is 3.97. The van der Waals surface area contributed by atoms with Crippen molar-refractivity contribution in [3.8, 4) is 11.5 Å². The fraction of sp³-hybridized carbons (Fsp3) is 0.192. The van der Waals surface area contributed by atoms with Gasteiger partial charge < -0.3 is 9.47 Å². The minimum Gasteiger partial charge on any atom is -0.483 e. The highest BCUT2D eigenvalue weighted by Crippen LogP contribution is 2.33. The lowest BCUT2D eigenvalue weighted by Gasteiger charge is -2.14. The van der Waals surface area contributed by atoms with Gasteiger partial charge in [-0.1, -0.05) is 48.0 Å². The molecule has 0 saturated carbocycles. The number of ether oxygens (including phenoxy) is 2. The number of aryl methyl sites for hydroxylation is 1. The fourth-order valence-electron chi connectivity index (χ4n) is 3.14. The van der Waals surface area contributed by atoms with Gasteiger partial charge in [0.15, 0.2) is 12.4 Å². The van der Waals surface area contributed by atoms with Crippen LogP contribution in [-0.2, 0) is 4.79 Å². The molecule has 35 heavy (non-hydrogen) atoms. The van der Waals surface area contributed by atoms with E-state index in [-0.39, 0.29) is 23.8 Å². The molecular weight excluding hydrogens is 583 g/mol. The molecule has 3 aromatic rings. The fourth-order valence-corrected chi connectivity index (χ4v) is 4.48. The van der Waals surface area contributed by atoms with Crippen LogP contribution in [-0.4, -0.2) is 24.7 Å². The van der Waals surface area contributed by atoms with E-state index in [4.69, 9.17) is 9.47 Å². The summed E-state index contributed by atoms with van der Waals surface area (Å²) < 4.78 is 25.8. The van der Waals surface area contributed by atoms with Gasteiger partial charge in [0.05, 0.1) is 16.3 Å². The Labute approximate surface area is 219 Å². The van der Waals surface area contributed by atoms with Crippen molar-refractivity contribution in [1.29, 1.82) is 0 Å². The van der Waals surface area contributed by atoms with Crippen LogP contribution in [0.1, 0.15) is 46.8 Å². The molecule has 0 aliphatic carbocycles. The third-order valence-electron chi connectivity index (χ3n) is 4.83. The minimum atomic E-state index is -0.737. The third kappa shape index (κ3) is 7.47. The number of carbonyl (C=O) groups excluding carboxylic acids is 2. The first kappa shape index (κ1) is 26.6. The van der Waals surface area contributed by atoms with E-state index in [9.17, 15) is 14.0 Å². The summed E-state index contributed by atoms with van der Waals surface area (Å²) in [7, 11) is 0. The van der Waals surface area contributed by atoms with Crippen molar-refractivity contribution in [2.45, 2.75) is 26.7 Å². The van der Waals surface area contributed by atoms with Crippen LogP contribution in [0, 0.1) is 12.7 Å². The van der Waals surface area contributed by atoms with Gasteiger partial charge in [-0.3, -0.25) is 4.79 Å². The molecule has 3 rings (SSSR count). The van der Waals surface area contributed by atoms with Gasteiger partial charge in [-0.05, 0) is 76.3 Å². The lowest BCUT2D eigenvalue weighted by molar-refractivity contribution is -0.123. The van der Waals surface area contributed by atoms with Crippen molar-refractivity contribution < 1.29 is 23.5 Å². The van der Waals surface area contributed by atoms with E-state index in [1.54, 1.807) is 12.1 Å². The number of amides is 1. The Balaban J connectivity index is 1.69. The molecule has 0 aliphatic heterocycles. The molecule has 0 saturated heterocycles. The van der Waals surface area contributed by atoms with E-state index >= 15 is 0 Å². The number of rotatable bonds is 8. The van der Waals surface area contributed by atoms with Crippen molar-refractivity contribution in [3.63, 3.8) is 0 Å². The number of hydrogen-bond acceptors (Lipinski definition) is 5. The molecule has 1 N–H and O–H groups in total. The topological polar surface area (TPSA) is 77.0 Å². The van der Waals surface area contributed by atoms with E-state index < -0.39 is 17.7 Å². The maximum absolute atomic E-state index is 13.5. The molecular formula is C26H23Br2FN2O4. The van der Waals surface area contributed by atoms with Crippen LogP contribution in [0.15, 0.2) is 68.6 Å². The van der Waals surface area contributed by atoms with E-state index in [2.05, 4.69) is 56.2 Å². The maximum atomic E-state index is 13.5. The second-order valence-corrected chi connectivity index (χ2v) is 9.75. The number of esters is 1. The van der Waals surface area contributed by atoms with E-state index in [1.165, 1.54) is 24.4 Å². The molecule has 3 aromatic carbocycles. The molecule has 6 nitrogen and oxygen atoms in total. The predicted molar refractivity (Wildman–Crippen MR) is 140 cm³/mol. The summed E-state index contributed by atoms with van der Waals surface area (Å²) >= 11 is 6.73. The van der Waals surface area contributed by atoms with Crippen LogP contribution in [0.3, 0.4) is 0 Å². The zero-order valence-corrected chi connectivity index (χ0v) is 22.4. The molecule has 0 heterocycles. The lowest BCUT2D eigenvalue weighted by Crippen LogP contribution is -2.25. The second kappa shape index (κ2) is 12.1. The van der Waals surface area contributed by atoms with E-state index in [0.717, 1.165) is 17.2 Å². The van der Waals surface area contributed by atoms with Crippen LogP contribution in [0.4, 0.5) is 4.39 Å². The molecule has 0 aromatic heterocycles. The Kier molecular flexibility index (Phi) is 9.17. The van der Waals surface area contributed by atoms with Gasteiger partial charge in [-0.15, -0.1) is 0 Å². The number of carbonyl (C=O) groups is 2. The summed E-state index contributed by atoms with van der Waals surface area (Å²) in [5.74, 6) is -0.675. The second-order valence-electron chi connectivity index (χ2n) is 7.98. The monoisotopic (exact) mass is 604 g/mol. The molecule has 182 valence electrons. The van der Waals surface area contributed by atoms with Crippen LogP contribution >= 0.6 is 31.9 Å². The molecule has 0 aliphatic rings. The Hall–Kier alpha value is -3.04. The number of benzene rings is 3. The quantitative estimate of drug-likeness (QED) is 0.137. The van der Waals surface area contributed by atoms with Gasteiger partial charge in [0.2, 0.25) is 0 Å². The lowest BCUT2D eigenvalue weighted by atomic mass is 10.0. The highest BCUT2D eigenvalue weighted by Gasteiger charge is 2.16. The Morgan fingerprint density at radius 2 is 1.89 bits per heavy atom. The SMILES string of the molecule is Cc1ccc(C(C)C)c(OCC(=O)N/N=C/c2cc(Br)cc(Br)c2OC(=O)c2cccc(F)c2)c1. The Morgan fingerprint density at radius 1 is 1.11 bits per heavy atom. The van der Waals surface area contributed by atoms with Crippen molar-refractivity contribution in [1.82, 2.24) is 5.43 Å². The number of halogens is 3. The van der Waals surface area contributed by atoms with Gasteiger partial charge in [0.1, 0.15) is 11.6 Å². The van der Waals surface area contributed by atoms with E-state index in [1.807, 2.05) is 25.1 Å². The molecule has 0 fully saturated rings. The average Bonchev–Trinajstić information content (AvgIpc) is 2.79. The highest BCUT2D eigenvalue weighted by atomic mass is 79.9. The van der Waals surface area contributed by atoms with Gasteiger partial charge in [0.25, 0.3) is 5.91 Å². The van der Waals surface area contributed by atoms with Gasteiger partial charge in [0, 0.05) is 10.0 Å². The minimum absolute atomic E-state index is 0.0603. The molecule has 1 amide bonds. The summed E-state index contributed by atoms with van der Waals surface area (Å²) in [6.07, 6.45) is 1.34. The maximum Gasteiger partial charge on any atom is 0.343 e. The van der Waals surface area contributed by atoms with Crippen LogP contribution in [0.25, 0.3) is 0 Å². The molecule has 0 bridgehead atoms.